The molecule has 0 bridgehead atoms. The molecule has 0 heterocycles. The third kappa shape index (κ3) is 20.2. The number of hydrogen-bond donors (Lipinski definition) is 2. The quantitative estimate of drug-likeness (QED) is 0.395. The van der Waals surface area contributed by atoms with Gasteiger partial charge in [0.25, 0.3) is 0 Å². The number of carbonyl (C=O) groups is 1. The zero-order chi connectivity index (χ0) is 4.28. The number of carboxylic acids is 1. The number of aliphatic carboxylic acids is 1. The Bertz CT molecular complexity index is 55.1. The number of carboxylic acid groups (broad SMARTS) is 1. The van der Waals surface area contributed by atoms with Gasteiger partial charge in [-0.05, 0) is 0 Å². The fraction of sp³-hybridized carbons (Fsp3) is 0.500. The van der Waals surface area contributed by atoms with Gasteiger partial charge < -0.3 is 13.1 Å². The monoisotopic (exact) mass is 132 g/mol. The minimum absolute atomic E-state index is 0. The summed E-state index contributed by atoms with van der Waals surface area (Å²) in [5.41, 5.74) is 0. The normalized spacial score (nSPS) is 5.29. The summed E-state index contributed by atoms with van der Waals surface area (Å²) in [4.78, 5) is 9.12. The molecule has 0 unspecified atom stereocenters. The van der Waals surface area contributed by atoms with Crippen molar-refractivity contribution in [1.82, 2.24) is 0 Å². The Morgan fingerprint density at radius 3 is 1.86 bits per heavy atom. The van der Waals surface area contributed by atoms with Gasteiger partial charge in [0.2, 0.25) is 0 Å². The Kier molecular flexibility index (Phi) is 22.1. The predicted octanol–water partition coefficient (Wildman–Crippen LogP) is -2.28. The van der Waals surface area contributed by atoms with Crippen LogP contribution in [-0.2, 0) is 4.79 Å². The predicted molar refractivity (Wildman–Crippen MR) is 32.6 cm³/mol. The van der Waals surface area contributed by atoms with E-state index in [1.165, 1.54) is 0 Å². The summed E-state index contributed by atoms with van der Waals surface area (Å²) in [5, 5.41) is 15.0. The number of hydrogen-bond acceptors (Lipinski definition) is 2. The van der Waals surface area contributed by atoms with Gasteiger partial charge in [0.05, 0.1) is 0 Å². The van der Waals surface area contributed by atoms with Gasteiger partial charge in [0, 0.05) is 0 Å². The van der Waals surface area contributed by atoms with E-state index in [0.29, 0.717) is 0 Å². The molecule has 0 spiro atoms. The van der Waals surface area contributed by atoms with Crippen molar-refractivity contribution in [2.24, 2.45) is 0 Å². The Morgan fingerprint density at radius 1 is 1.71 bits per heavy atom. The molecule has 0 atom stereocenters. The van der Waals surface area contributed by atoms with Crippen molar-refractivity contribution >= 4 is 46.4 Å². The molecule has 0 saturated heterocycles. The van der Waals surface area contributed by atoms with E-state index >= 15 is 0 Å². The first-order chi connectivity index (χ1) is 2.27. The molecule has 0 aromatic carbocycles. The fourth-order valence-corrected chi connectivity index (χ4v) is 0. The summed E-state index contributed by atoms with van der Waals surface area (Å²) >= 11 is 0. The van der Waals surface area contributed by atoms with Crippen LogP contribution in [0.3, 0.4) is 0 Å². The fourth-order valence-electron chi connectivity index (χ4n) is 0. The van der Waals surface area contributed by atoms with Crippen LogP contribution in [0.5, 0.6) is 0 Å². The Labute approximate surface area is 71.0 Å². The Hall–Kier alpha value is 0.729. The molecule has 0 aromatic rings. The molecule has 0 rings (SSSR count). The molecule has 0 fully saturated rings. The molecule has 0 aliphatic carbocycles. The second-order valence-corrected chi connectivity index (χ2v) is 0.552. The van der Waals surface area contributed by atoms with E-state index in [2.05, 4.69) is 0 Å². The number of rotatable bonds is 1. The average molecular weight is 132 g/mol. The molecule has 0 aromatic heterocycles. The van der Waals surface area contributed by atoms with Crippen molar-refractivity contribution in [2.45, 2.75) is 0 Å². The van der Waals surface area contributed by atoms with Crippen LogP contribution in [0.25, 0.3) is 0 Å². The average Bonchev–Trinajstić information content (AvgIpc) is 1.38. The van der Waals surface area contributed by atoms with E-state index in [4.69, 9.17) is 15.0 Å². The van der Waals surface area contributed by atoms with E-state index < -0.39 is 12.6 Å². The topological polar surface area (TPSA) is 57.5 Å². The van der Waals surface area contributed by atoms with Crippen LogP contribution >= 0.6 is 0 Å². The minimum atomic E-state index is -1.19. The van der Waals surface area contributed by atoms with Crippen LogP contribution in [0, 0.1) is 0 Å². The van der Waals surface area contributed by atoms with Gasteiger partial charge in [0.15, 0.2) is 17.4 Å². The van der Waals surface area contributed by atoms with Gasteiger partial charge in [-0.2, -0.15) is 0 Å². The summed E-state index contributed by atoms with van der Waals surface area (Å²) in [6.07, 6.45) is 0. The van der Waals surface area contributed by atoms with Crippen molar-refractivity contribution in [2.75, 3.05) is 6.61 Å². The van der Waals surface area contributed by atoms with Crippen LogP contribution in [0.1, 0.15) is 2.85 Å². The van der Waals surface area contributed by atoms with Crippen molar-refractivity contribution in [3.05, 3.63) is 0 Å². The number of aliphatic hydroxyl groups is 1. The third-order valence-corrected chi connectivity index (χ3v) is 0.135. The molecule has 3 nitrogen and oxygen atoms in total. The molecular formula is C2H9AlMgO3. The molecule has 0 saturated carbocycles. The van der Waals surface area contributed by atoms with Crippen molar-refractivity contribution < 1.29 is 17.9 Å². The SMILES string of the molecule is O=C(O)CO.[AlH3].[H-].[H-].[Mg+2]. The molecule has 0 aliphatic heterocycles. The first-order valence-electron chi connectivity index (χ1n) is 1.10. The maximum atomic E-state index is 9.12. The summed E-state index contributed by atoms with van der Waals surface area (Å²) in [6, 6.07) is 0. The van der Waals surface area contributed by atoms with Gasteiger partial charge in [-0.1, -0.05) is 0 Å². The van der Waals surface area contributed by atoms with E-state index in [1.807, 2.05) is 0 Å². The molecular weight excluding hydrogens is 123 g/mol. The van der Waals surface area contributed by atoms with E-state index in [0.717, 1.165) is 0 Å². The first-order valence-corrected chi connectivity index (χ1v) is 1.10. The van der Waals surface area contributed by atoms with Crippen LogP contribution in [-0.4, -0.2) is 63.2 Å². The summed E-state index contributed by atoms with van der Waals surface area (Å²) < 4.78 is 0. The number of aliphatic hydroxyl groups excluding tert-OH is 1. The van der Waals surface area contributed by atoms with Crippen molar-refractivity contribution in [3.63, 3.8) is 0 Å². The Morgan fingerprint density at radius 2 is 1.86 bits per heavy atom. The van der Waals surface area contributed by atoms with Gasteiger partial charge in [-0.25, -0.2) is 4.79 Å². The maximum Gasteiger partial charge on any atom is 2.00 e. The second kappa shape index (κ2) is 9.88. The standard InChI is InChI=1S/C2H4O3.Al.Mg.5H/c3-1-2(4)5;;;;;;;/h3H,1H2,(H,4,5);;;;;;;/q;;+2;;;;2*-1. The van der Waals surface area contributed by atoms with Crippen LogP contribution in [0.4, 0.5) is 0 Å². The molecule has 40 valence electrons. The van der Waals surface area contributed by atoms with Gasteiger partial charge >= 0.3 is 29.0 Å². The van der Waals surface area contributed by atoms with E-state index in [1.54, 1.807) is 0 Å². The summed E-state index contributed by atoms with van der Waals surface area (Å²) in [7, 11) is 0. The molecule has 0 radical (unpaired) electrons. The molecule has 7 heavy (non-hydrogen) atoms. The Balaban J connectivity index is -0.0000000133. The van der Waals surface area contributed by atoms with E-state index in [9.17, 15) is 0 Å². The van der Waals surface area contributed by atoms with E-state index in [-0.39, 0.29) is 43.3 Å². The second-order valence-electron chi connectivity index (χ2n) is 0.552. The van der Waals surface area contributed by atoms with Gasteiger partial charge in [-0.15, -0.1) is 0 Å². The largest absolute Gasteiger partial charge is 2.00 e. The molecule has 2 N–H and O–H groups in total. The third-order valence-electron chi connectivity index (χ3n) is 0.135. The molecule has 5 heteroatoms. The molecule has 0 aliphatic rings. The first kappa shape index (κ1) is 15.6. The van der Waals surface area contributed by atoms with Crippen LogP contribution < -0.4 is 0 Å². The van der Waals surface area contributed by atoms with Crippen molar-refractivity contribution in [3.8, 4) is 0 Å². The summed E-state index contributed by atoms with van der Waals surface area (Å²) in [5.74, 6) is -1.19. The van der Waals surface area contributed by atoms with Crippen LogP contribution in [0.2, 0.25) is 0 Å². The van der Waals surface area contributed by atoms with Gasteiger partial charge in [-0.3, -0.25) is 0 Å². The zero-order valence-electron chi connectivity index (χ0n) is 5.22. The summed E-state index contributed by atoms with van der Waals surface area (Å²) in [6.45, 7) is -0.778. The zero-order valence-corrected chi connectivity index (χ0v) is 4.63. The van der Waals surface area contributed by atoms with Crippen LogP contribution in [0.15, 0.2) is 0 Å². The smallest absolute Gasteiger partial charge is 1.00 e. The van der Waals surface area contributed by atoms with Crippen molar-refractivity contribution in [1.29, 1.82) is 0 Å². The minimum Gasteiger partial charge on any atom is -1.00 e. The van der Waals surface area contributed by atoms with Gasteiger partial charge in [0.1, 0.15) is 6.61 Å². The maximum absolute atomic E-state index is 9.12. The molecule has 0 amide bonds.